The van der Waals surface area contributed by atoms with Crippen LogP contribution in [0.1, 0.15) is 31.3 Å². The van der Waals surface area contributed by atoms with Gasteiger partial charge in [-0.25, -0.2) is 4.98 Å². The molecule has 0 radical (unpaired) electrons. The maximum Gasteiger partial charge on any atom is 0.225 e. The molecule has 0 saturated carbocycles. The molecule has 3 aromatic carbocycles. The molecule has 2 N–H and O–H groups in total. The number of rotatable bonds is 5. The summed E-state index contributed by atoms with van der Waals surface area (Å²) in [4.78, 5) is 21.0. The van der Waals surface area contributed by atoms with Gasteiger partial charge in [-0.1, -0.05) is 56.3 Å². The second kappa shape index (κ2) is 7.34. The Morgan fingerprint density at radius 3 is 2.70 bits per heavy atom. The smallest absolute Gasteiger partial charge is 0.225 e. The van der Waals surface area contributed by atoms with E-state index in [9.17, 15) is 4.79 Å². The van der Waals surface area contributed by atoms with Crippen LogP contribution in [0.15, 0.2) is 71.3 Å². The molecule has 0 unspecified atom stereocenters. The van der Waals surface area contributed by atoms with Crippen molar-refractivity contribution in [1.82, 2.24) is 15.3 Å². The Kier molecular flexibility index (Phi) is 4.51. The van der Waals surface area contributed by atoms with Crippen LogP contribution in [0, 0.1) is 5.92 Å². The number of hydrogen-bond acceptors (Lipinski definition) is 3. The Morgan fingerprint density at radius 1 is 1.07 bits per heavy atom. The van der Waals surface area contributed by atoms with Gasteiger partial charge in [0.25, 0.3) is 0 Å². The lowest BCUT2D eigenvalue weighted by Gasteiger charge is -2.20. The van der Waals surface area contributed by atoms with Gasteiger partial charge in [-0.15, -0.1) is 0 Å². The number of carbonyl (C=O) groups excluding carboxylic acids is 1. The van der Waals surface area contributed by atoms with Gasteiger partial charge >= 0.3 is 0 Å². The molecule has 150 valence electrons. The van der Waals surface area contributed by atoms with E-state index in [4.69, 9.17) is 4.42 Å². The summed E-state index contributed by atoms with van der Waals surface area (Å²) in [5, 5.41) is 6.41. The number of imidazole rings is 1. The lowest BCUT2D eigenvalue weighted by molar-refractivity contribution is -0.121. The summed E-state index contributed by atoms with van der Waals surface area (Å²) in [5.41, 5.74) is 3.57. The molecule has 2 heterocycles. The SMILES string of the molecule is CC(C)[C@@H](NC(=O)Cc1coc2ccc3ccccc3c12)c1nc2ccccc2[nH]1. The fourth-order valence-corrected chi connectivity index (χ4v) is 4.07. The first-order valence-corrected chi connectivity index (χ1v) is 10.2. The number of carbonyl (C=O) groups is 1. The van der Waals surface area contributed by atoms with E-state index >= 15 is 0 Å². The van der Waals surface area contributed by atoms with Crippen molar-refractivity contribution in [3.05, 3.63) is 78.3 Å². The Bertz CT molecular complexity index is 1330. The third-order valence-corrected chi connectivity index (χ3v) is 5.58. The topological polar surface area (TPSA) is 70.9 Å². The van der Waals surface area contributed by atoms with Crippen LogP contribution in [0.4, 0.5) is 0 Å². The predicted molar refractivity (Wildman–Crippen MR) is 119 cm³/mol. The molecule has 0 saturated heterocycles. The molecule has 0 spiro atoms. The summed E-state index contributed by atoms with van der Waals surface area (Å²) >= 11 is 0. The van der Waals surface area contributed by atoms with Crippen LogP contribution in [0.25, 0.3) is 32.8 Å². The maximum absolute atomic E-state index is 13.0. The number of fused-ring (bicyclic) bond motifs is 4. The minimum Gasteiger partial charge on any atom is -0.464 e. The molecular formula is C25H23N3O2. The lowest BCUT2D eigenvalue weighted by Crippen LogP contribution is -2.33. The fourth-order valence-electron chi connectivity index (χ4n) is 4.07. The van der Waals surface area contributed by atoms with Crippen LogP contribution in [-0.2, 0) is 11.2 Å². The fraction of sp³-hybridized carbons (Fsp3) is 0.200. The third kappa shape index (κ3) is 3.22. The lowest BCUT2D eigenvalue weighted by atomic mass is 10.0. The Morgan fingerprint density at radius 2 is 1.87 bits per heavy atom. The predicted octanol–water partition coefficient (Wildman–Crippen LogP) is 5.52. The van der Waals surface area contributed by atoms with Gasteiger partial charge in [0.05, 0.1) is 29.8 Å². The second-order valence-corrected chi connectivity index (χ2v) is 8.03. The standard InChI is InChI=1S/C25H23N3O2/c1-15(2)24(25-26-19-9-5-6-10-20(19)27-25)28-22(29)13-17-14-30-21-12-11-16-7-3-4-8-18(16)23(17)21/h3-12,14-15,24H,13H2,1-2H3,(H,26,27)(H,28,29)/t24-/m1/s1. The molecule has 5 nitrogen and oxygen atoms in total. The number of nitrogens with one attached hydrogen (secondary N) is 2. The molecule has 1 amide bonds. The van der Waals surface area contributed by atoms with E-state index in [1.807, 2.05) is 48.5 Å². The van der Waals surface area contributed by atoms with Crippen molar-refractivity contribution in [3.63, 3.8) is 0 Å². The number of hydrogen-bond donors (Lipinski definition) is 2. The zero-order valence-electron chi connectivity index (χ0n) is 17.0. The van der Waals surface area contributed by atoms with Crippen molar-refractivity contribution >= 4 is 38.7 Å². The van der Waals surface area contributed by atoms with E-state index in [-0.39, 0.29) is 24.3 Å². The molecule has 0 aliphatic carbocycles. The molecule has 5 rings (SSSR count). The monoisotopic (exact) mass is 397 g/mol. The van der Waals surface area contributed by atoms with Crippen LogP contribution < -0.4 is 5.32 Å². The molecule has 0 bridgehead atoms. The van der Waals surface area contributed by atoms with E-state index in [1.165, 1.54) is 0 Å². The number of furan rings is 1. The number of aromatic amines is 1. The summed E-state index contributed by atoms with van der Waals surface area (Å²) in [6.07, 6.45) is 1.95. The van der Waals surface area contributed by atoms with Crippen molar-refractivity contribution in [2.24, 2.45) is 5.92 Å². The normalized spacial score (nSPS) is 12.8. The average molecular weight is 397 g/mol. The number of H-pyrrole nitrogens is 1. The molecule has 5 heteroatoms. The largest absolute Gasteiger partial charge is 0.464 e. The van der Waals surface area contributed by atoms with Gasteiger partial charge in [0.1, 0.15) is 11.4 Å². The Labute approximate surface area is 174 Å². The highest BCUT2D eigenvalue weighted by Crippen LogP contribution is 2.30. The maximum atomic E-state index is 13.0. The van der Waals surface area contributed by atoms with Gasteiger partial charge in [-0.2, -0.15) is 0 Å². The van der Waals surface area contributed by atoms with Gasteiger partial charge in [0.15, 0.2) is 0 Å². The number of amides is 1. The minimum atomic E-state index is -0.195. The summed E-state index contributed by atoms with van der Waals surface area (Å²) in [7, 11) is 0. The van der Waals surface area contributed by atoms with Crippen molar-refractivity contribution < 1.29 is 9.21 Å². The molecule has 2 aromatic heterocycles. The number of aromatic nitrogens is 2. The zero-order chi connectivity index (χ0) is 20.7. The summed E-state index contributed by atoms with van der Waals surface area (Å²) in [6, 6.07) is 19.9. The molecule has 30 heavy (non-hydrogen) atoms. The molecule has 1 atom stereocenters. The van der Waals surface area contributed by atoms with E-state index < -0.39 is 0 Å². The third-order valence-electron chi connectivity index (χ3n) is 5.58. The molecule has 0 aliphatic rings. The molecule has 5 aromatic rings. The average Bonchev–Trinajstić information content (AvgIpc) is 3.36. The molecule has 0 fully saturated rings. The first kappa shape index (κ1) is 18.4. The van der Waals surface area contributed by atoms with E-state index in [1.54, 1.807) is 6.26 Å². The van der Waals surface area contributed by atoms with Crippen molar-refractivity contribution in [2.45, 2.75) is 26.3 Å². The molecular weight excluding hydrogens is 374 g/mol. The highest BCUT2D eigenvalue weighted by molar-refractivity contribution is 6.08. The van der Waals surface area contributed by atoms with Crippen LogP contribution in [0.5, 0.6) is 0 Å². The van der Waals surface area contributed by atoms with Crippen LogP contribution in [0.3, 0.4) is 0 Å². The van der Waals surface area contributed by atoms with E-state index in [2.05, 4.69) is 41.3 Å². The van der Waals surface area contributed by atoms with Crippen molar-refractivity contribution in [2.75, 3.05) is 0 Å². The van der Waals surface area contributed by atoms with Crippen LogP contribution >= 0.6 is 0 Å². The summed E-state index contributed by atoms with van der Waals surface area (Å²) < 4.78 is 5.74. The second-order valence-electron chi connectivity index (χ2n) is 8.03. The van der Waals surface area contributed by atoms with Gasteiger partial charge in [-0.3, -0.25) is 4.79 Å². The quantitative estimate of drug-likeness (QED) is 0.410. The van der Waals surface area contributed by atoms with Crippen LogP contribution in [0.2, 0.25) is 0 Å². The first-order valence-electron chi connectivity index (χ1n) is 10.2. The number of para-hydroxylation sites is 2. The zero-order valence-corrected chi connectivity index (χ0v) is 17.0. The number of nitrogens with zero attached hydrogens (tertiary/aromatic N) is 1. The van der Waals surface area contributed by atoms with Gasteiger partial charge < -0.3 is 14.7 Å². The minimum absolute atomic E-state index is 0.0511. The highest BCUT2D eigenvalue weighted by Gasteiger charge is 2.23. The van der Waals surface area contributed by atoms with Gasteiger partial charge in [0, 0.05) is 10.9 Å². The Balaban J connectivity index is 1.44. The summed E-state index contributed by atoms with van der Waals surface area (Å²) in [5.74, 6) is 0.920. The van der Waals surface area contributed by atoms with Crippen LogP contribution in [-0.4, -0.2) is 15.9 Å². The van der Waals surface area contributed by atoms with E-state index in [0.717, 1.165) is 44.2 Å². The van der Waals surface area contributed by atoms with Gasteiger partial charge in [0.2, 0.25) is 5.91 Å². The number of benzene rings is 3. The first-order chi connectivity index (χ1) is 14.6. The van der Waals surface area contributed by atoms with Gasteiger partial charge in [-0.05, 0) is 34.9 Å². The van der Waals surface area contributed by atoms with E-state index in [0.29, 0.717) is 0 Å². The highest BCUT2D eigenvalue weighted by atomic mass is 16.3. The summed E-state index contributed by atoms with van der Waals surface area (Å²) in [6.45, 7) is 4.16. The van der Waals surface area contributed by atoms with Crippen molar-refractivity contribution in [3.8, 4) is 0 Å². The molecule has 0 aliphatic heterocycles. The Hall–Kier alpha value is -3.60. The van der Waals surface area contributed by atoms with Crippen molar-refractivity contribution in [1.29, 1.82) is 0 Å².